The second kappa shape index (κ2) is 7.43. The Hall–Kier alpha value is -0.900. The lowest BCUT2D eigenvalue weighted by Gasteiger charge is -2.27. The van der Waals surface area contributed by atoms with E-state index in [0.29, 0.717) is 5.92 Å². The molecule has 0 aromatic heterocycles. The van der Waals surface area contributed by atoms with Gasteiger partial charge in [-0.1, -0.05) is 27.7 Å². The van der Waals surface area contributed by atoms with E-state index in [2.05, 4.69) is 31.4 Å². The highest BCUT2D eigenvalue weighted by atomic mass is 16.2. The molecule has 0 aliphatic rings. The van der Waals surface area contributed by atoms with Gasteiger partial charge in [-0.25, -0.2) is 0 Å². The first-order valence-electron chi connectivity index (χ1n) is 6.28. The molecule has 1 unspecified atom stereocenters. The number of ketones is 1. The Labute approximate surface area is 105 Å². The van der Waals surface area contributed by atoms with Crippen molar-refractivity contribution >= 4 is 11.7 Å². The quantitative estimate of drug-likeness (QED) is 0.708. The van der Waals surface area contributed by atoms with Crippen molar-refractivity contribution in [3.05, 3.63) is 0 Å². The Balaban J connectivity index is 4.41. The lowest BCUT2D eigenvalue weighted by atomic mass is 9.99. The highest BCUT2D eigenvalue weighted by Crippen LogP contribution is 2.07. The zero-order valence-corrected chi connectivity index (χ0v) is 11.8. The molecule has 0 heterocycles. The van der Waals surface area contributed by atoms with Gasteiger partial charge in [-0.15, -0.1) is 0 Å². The maximum Gasteiger partial charge on any atom is 0.237 e. The van der Waals surface area contributed by atoms with Gasteiger partial charge in [-0.3, -0.25) is 9.59 Å². The van der Waals surface area contributed by atoms with Crippen molar-refractivity contribution in [1.82, 2.24) is 10.6 Å². The molecule has 0 rings (SSSR count). The Kier molecular flexibility index (Phi) is 7.04. The number of amides is 1. The molecule has 0 fully saturated rings. The molecule has 100 valence electrons. The van der Waals surface area contributed by atoms with Crippen LogP contribution in [0, 0.1) is 11.8 Å². The van der Waals surface area contributed by atoms with Crippen LogP contribution in [0.4, 0.5) is 0 Å². The summed E-state index contributed by atoms with van der Waals surface area (Å²) in [6, 6.07) is 0.0252. The number of carbonyl (C=O) groups is 2. The van der Waals surface area contributed by atoms with E-state index in [-0.39, 0.29) is 36.2 Å². The lowest BCUT2D eigenvalue weighted by Crippen LogP contribution is -2.52. The Morgan fingerprint density at radius 2 is 1.53 bits per heavy atom. The van der Waals surface area contributed by atoms with Gasteiger partial charge >= 0.3 is 0 Å². The zero-order chi connectivity index (χ0) is 13.6. The van der Waals surface area contributed by atoms with Crippen molar-refractivity contribution in [2.24, 2.45) is 11.8 Å². The first kappa shape index (κ1) is 16.1. The van der Waals surface area contributed by atoms with Crippen LogP contribution in [0.5, 0.6) is 0 Å². The van der Waals surface area contributed by atoms with Crippen molar-refractivity contribution in [2.75, 3.05) is 6.54 Å². The van der Waals surface area contributed by atoms with E-state index in [4.69, 9.17) is 0 Å². The number of Topliss-reactive ketones (excluding diaryl/α,β-unsaturated/α-hetero) is 1. The normalized spacial score (nSPS) is 14.8. The average Bonchev–Trinajstić information content (AvgIpc) is 2.21. The third-order valence-electron chi connectivity index (χ3n) is 2.90. The molecule has 0 bridgehead atoms. The molecule has 4 nitrogen and oxygen atoms in total. The van der Waals surface area contributed by atoms with Crippen LogP contribution < -0.4 is 10.6 Å². The standard InChI is InChI=1S/C13H26N2O2/c1-8(2)11(6)15-12(9(3)4)13(17)14-7-10(5)16/h8-9,11-12,15H,7H2,1-6H3,(H,14,17)/t11?,12-/m0/s1. The van der Waals surface area contributed by atoms with Crippen LogP contribution in [0.2, 0.25) is 0 Å². The Bertz CT molecular complexity index is 262. The molecule has 2 atom stereocenters. The fourth-order valence-corrected chi connectivity index (χ4v) is 1.37. The minimum atomic E-state index is -0.244. The van der Waals surface area contributed by atoms with Crippen LogP contribution in [-0.2, 0) is 9.59 Å². The average molecular weight is 242 g/mol. The summed E-state index contributed by atoms with van der Waals surface area (Å²) in [6.07, 6.45) is 0. The fraction of sp³-hybridized carbons (Fsp3) is 0.846. The van der Waals surface area contributed by atoms with Crippen molar-refractivity contribution in [2.45, 2.75) is 53.6 Å². The van der Waals surface area contributed by atoms with Gasteiger partial charge in [-0.05, 0) is 25.7 Å². The van der Waals surface area contributed by atoms with Gasteiger partial charge in [0.25, 0.3) is 0 Å². The molecule has 0 aliphatic carbocycles. The Morgan fingerprint density at radius 1 is 1.00 bits per heavy atom. The monoisotopic (exact) mass is 242 g/mol. The van der Waals surface area contributed by atoms with Gasteiger partial charge in [0.1, 0.15) is 5.78 Å². The third-order valence-corrected chi connectivity index (χ3v) is 2.90. The van der Waals surface area contributed by atoms with Crippen LogP contribution in [0.15, 0.2) is 0 Å². The van der Waals surface area contributed by atoms with Crippen LogP contribution in [-0.4, -0.2) is 30.3 Å². The van der Waals surface area contributed by atoms with Gasteiger partial charge in [0.05, 0.1) is 12.6 Å². The van der Waals surface area contributed by atoms with Crippen molar-refractivity contribution in [1.29, 1.82) is 0 Å². The van der Waals surface area contributed by atoms with E-state index in [1.54, 1.807) is 0 Å². The molecule has 0 radical (unpaired) electrons. The van der Waals surface area contributed by atoms with Crippen LogP contribution in [0.25, 0.3) is 0 Å². The van der Waals surface area contributed by atoms with Gasteiger partial charge < -0.3 is 10.6 Å². The highest BCUT2D eigenvalue weighted by Gasteiger charge is 2.24. The third kappa shape index (κ3) is 6.41. The van der Waals surface area contributed by atoms with Gasteiger partial charge in [-0.2, -0.15) is 0 Å². The molecule has 0 aromatic carbocycles. The molecular formula is C13H26N2O2. The van der Waals surface area contributed by atoms with Gasteiger partial charge in [0.15, 0.2) is 0 Å². The number of carbonyl (C=O) groups excluding carboxylic acids is 2. The van der Waals surface area contributed by atoms with Crippen molar-refractivity contribution in [3.8, 4) is 0 Å². The first-order valence-corrected chi connectivity index (χ1v) is 6.28. The predicted molar refractivity (Wildman–Crippen MR) is 69.8 cm³/mol. The van der Waals surface area contributed by atoms with Crippen molar-refractivity contribution < 1.29 is 9.59 Å². The molecule has 1 amide bonds. The van der Waals surface area contributed by atoms with Crippen LogP contribution >= 0.6 is 0 Å². The SMILES string of the molecule is CC(=O)CNC(=O)[C@@H](NC(C)C(C)C)C(C)C. The first-order chi connectivity index (χ1) is 7.75. The summed E-state index contributed by atoms with van der Waals surface area (Å²) >= 11 is 0. The molecular weight excluding hydrogens is 216 g/mol. The second-order valence-corrected chi connectivity index (χ2v) is 5.34. The largest absolute Gasteiger partial charge is 0.348 e. The molecule has 4 heteroatoms. The second-order valence-electron chi connectivity index (χ2n) is 5.34. The molecule has 0 saturated heterocycles. The summed E-state index contributed by atoms with van der Waals surface area (Å²) in [7, 11) is 0. The zero-order valence-electron chi connectivity index (χ0n) is 11.8. The highest BCUT2D eigenvalue weighted by molar-refractivity contribution is 5.87. The summed E-state index contributed by atoms with van der Waals surface area (Å²) in [5, 5.41) is 5.97. The topological polar surface area (TPSA) is 58.2 Å². The predicted octanol–water partition coefficient (Wildman–Crippen LogP) is 1.35. The summed E-state index contributed by atoms with van der Waals surface area (Å²) in [6.45, 7) is 11.9. The van der Waals surface area contributed by atoms with E-state index in [1.165, 1.54) is 6.92 Å². The van der Waals surface area contributed by atoms with E-state index in [0.717, 1.165) is 0 Å². The molecule has 2 N–H and O–H groups in total. The lowest BCUT2D eigenvalue weighted by molar-refractivity contribution is -0.127. The molecule has 0 aliphatic heterocycles. The summed E-state index contributed by atoms with van der Waals surface area (Å²) in [4.78, 5) is 22.8. The van der Waals surface area contributed by atoms with E-state index < -0.39 is 0 Å². The fourth-order valence-electron chi connectivity index (χ4n) is 1.37. The molecule has 0 saturated carbocycles. The number of rotatable bonds is 7. The van der Waals surface area contributed by atoms with Gasteiger partial charge in [0.2, 0.25) is 5.91 Å². The number of hydrogen-bond donors (Lipinski definition) is 2. The molecule has 0 aromatic rings. The minimum absolute atomic E-state index is 0.0298. The maximum atomic E-state index is 11.9. The summed E-state index contributed by atoms with van der Waals surface area (Å²) in [5.41, 5.74) is 0. The van der Waals surface area contributed by atoms with E-state index >= 15 is 0 Å². The summed E-state index contributed by atoms with van der Waals surface area (Å²) in [5.74, 6) is 0.542. The van der Waals surface area contributed by atoms with E-state index in [9.17, 15) is 9.59 Å². The summed E-state index contributed by atoms with van der Waals surface area (Å²) < 4.78 is 0. The number of nitrogens with one attached hydrogen (secondary N) is 2. The molecule has 0 spiro atoms. The van der Waals surface area contributed by atoms with Crippen molar-refractivity contribution in [3.63, 3.8) is 0 Å². The minimum Gasteiger partial charge on any atom is -0.348 e. The Morgan fingerprint density at radius 3 is 1.88 bits per heavy atom. The van der Waals surface area contributed by atoms with Crippen LogP contribution in [0.1, 0.15) is 41.5 Å². The van der Waals surface area contributed by atoms with Gasteiger partial charge in [0, 0.05) is 6.04 Å². The van der Waals surface area contributed by atoms with Crippen LogP contribution in [0.3, 0.4) is 0 Å². The molecule has 17 heavy (non-hydrogen) atoms. The number of hydrogen-bond acceptors (Lipinski definition) is 3. The maximum absolute atomic E-state index is 11.9. The van der Waals surface area contributed by atoms with E-state index in [1.807, 2.05) is 13.8 Å². The smallest absolute Gasteiger partial charge is 0.237 e.